The molecule has 2 aliphatic heterocycles. The van der Waals surface area contributed by atoms with Gasteiger partial charge >= 0.3 is 49.4 Å². The van der Waals surface area contributed by atoms with Gasteiger partial charge in [0.1, 0.15) is 32.1 Å². The van der Waals surface area contributed by atoms with Crippen LogP contribution in [0.1, 0.15) is 0 Å². The molecule has 0 saturated carbocycles. The van der Waals surface area contributed by atoms with Crippen LogP contribution in [-0.2, 0) is 9.47 Å². The van der Waals surface area contributed by atoms with E-state index in [0.29, 0.717) is 64.6 Å². The number of rotatable bonds is 0. The minimum atomic E-state index is 0.331. The summed E-state index contributed by atoms with van der Waals surface area (Å²) < 4.78 is 11.8. The molecule has 0 atom stereocenters. The SMILES string of the molecule is Clc1c2c(c(Cl)c3c1=Nc1ccccc1O3)=Nc1ccccc1O2.[I][V][I]. The molecule has 9 heteroatoms. The topological polar surface area (TPSA) is 43.2 Å². The standard InChI is InChI=1S/C18H8Cl2N2O2.2HI.V/c19-13-15-17(23-11-7-3-1-5-9(11)21-15)14(20)16-18(13)24-12-8-4-2-6-10(12)22-16;;;/h1-8H;2*1H;/q;;;+2/p-2. The van der Waals surface area contributed by atoms with E-state index in [1.165, 1.54) is 0 Å². The molecule has 27 heavy (non-hydrogen) atoms. The number of hydrogen-bond acceptors (Lipinski definition) is 4. The zero-order valence-corrected chi connectivity index (χ0v) is 20.5. The maximum absolute atomic E-state index is 6.53. The summed E-state index contributed by atoms with van der Waals surface area (Å²) in [7, 11) is 0.628. The fourth-order valence-corrected chi connectivity index (χ4v) is 3.25. The molecule has 0 aliphatic carbocycles. The number of fused-ring (bicyclic) bond motifs is 4. The second kappa shape index (κ2) is 8.46. The summed E-state index contributed by atoms with van der Waals surface area (Å²) in [4.78, 5) is 9.14. The third-order valence-corrected chi connectivity index (χ3v) is 4.57. The van der Waals surface area contributed by atoms with Gasteiger partial charge in [-0.2, -0.15) is 0 Å². The third-order valence-electron chi connectivity index (χ3n) is 3.86. The zero-order valence-electron chi connectivity index (χ0n) is 13.3. The number of benzene rings is 3. The van der Waals surface area contributed by atoms with Crippen LogP contribution in [0.4, 0.5) is 11.4 Å². The molecule has 0 bridgehead atoms. The van der Waals surface area contributed by atoms with Crippen LogP contribution < -0.4 is 20.2 Å². The maximum atomic E-state index is 6.53. The predicted octanol–water partition coefficient (Wildman–Crippen LogP) is 6.88. The van der Waals surface area contributed by atoms with Crippen LogP contribution in [0.2, 0.25) is 10.0 Å². The van der Waals surface area contributed by atoms with Gasteiger partial charge in [0.15, 0.2) is 23.0 Å². The van der Waals surface area contributed by atoms with Gasteiger partial charge in [-0.25, -0.2) is 9.98 Å². The predicted molar refractivity (Wildman–Crippen MR) is 119 cm³/mol. The molecular weight excluding hydrogens is 652 g/mol. The monoisotopic (exact) mass is 659 g/mol. The normalized spacial score (nSPS) is 12.1. The van der Waals surface area contributed by atoms with Gasteiger partial charge in [0.05, 0.1) is 0 Å². The molecule has 0 unspecified atom stereocenters. The average Bonchev–Trinajstić information content (AvgIpc) is 2.70. The van der Waals surface area contributed by atoms with Crippen molar-refractivity contribution >= 4 is 74.5 Å². The number of nitrogens with zero attached hydrogens (tertiary/aromatic N) is 2. The molecule has 2 aliphatic rings. The van der Waals surface area contributed by atoms with Crippen molar-refractivity contribution in [1.82, 2.24) is 0 Å². The van der Waals surface area contributed by atoms with E-state index in [1.54, 1.807) is 0 Å². The van der Waals surface area contributed by atoms with Gasteiger partial charge in [-0.3, -0.25) is 0 Å². The van der Waals surface area contributed by atoms with E-state index in [2.05, 4.69) is 49.9 Å². The molecule has 3 aromatic rings. The van der Waals surface area contributed by atoms with Crippen molar-refractivity contribution in [3.63, 3.8) is 0 Å². The molecule has 135 valence electrons. The summed E-state index contributed by atoms with van der Waals surface area (Å²) in [6, 6.07) is 14.9. The summed E-state index contributed by atoms with van der Waals surface area (Å²) in [6.45, 7) is 0. The Balaban J connectivity index is 0.000000565. The quantitative estimate of drug-likeness (QED) is 0.170. The second-order valence-electron chi connectivity index (χ2n) is 5.41. The molecule has 0 aromatic heterocycles. The van der Waals surface area contributed by atoms with Gasteiger partial charge < -0.3 is 9.47 Å². The Morgan fingerprint density at radius 1 is 0.704 bits per heavy atom. The number of ether oxygens (including phenoxy) is 2. The number of halogens is 4. The molecular formula is C18H8Cl2I2N2O2V. The molecule has 4 nitrogen and oxygen atoms in total. The summed E-state index contributed by atoms with van der Waals surface area (Å²) in [5.74, 6) is 2.04. The molecule has 0 spiro atoms. The molecule has 0 saturated heterocycles. The van der Waals surface area contributed by atoms with Crippen LogP contribution in [-0.4, -0.2) is 0 Å². The number of para-hydroxylation sites is 4. The minimum absolute atomic E-state index is 0.331. The zero-order chi connectivity index (χ0) is 19.0. The van der Waals surface area contributed by atoms with Gasteiger partial charge in [0.2, 0.25) is 0 Å². The van der Waals surface area contributed by atoms with E-state index in [0.717, 1.165) is 0 Å². The Kier molecular flexibility index (Phi) is 6.20. The Morgan fingerprint density at radius 2 is 1.07 bits per heavy atom. The van der Waals surface area contributed by atoms with Gasteiger partial charge in [-0.1, -0.05) is 47.5 Å². The van der Waals surface area contributed by atoms with Crippen LogP contribution >= 0.6 is 63.2 Å². The van der Waals surface area contributed by atoms with Crippen LogP contribution in [0.3, 0.4) is 0 Å². The third kappa shape index (κ3) is 3.72. The first-order valence-corrected chi connectivity index (χ1v) is 17.3. The first-order chi connectivity index (χ1) is 13.1. The Morgan fingerprint density at radius 3 is 1.48 bits per heavy atom. The Labute approximate surface area is 193 Å². The van der Waals surface area contributed by atoms with E-state index >= 15 is 0 Å². The van der Waals surface area contributed by atoms with Crippen LogP contribution in [0.5, 0.6) is 23.0 Å². The molecule has 0 N–H and O–H groups in total. The fourth-order valence-electron chi connectivity index (χ4n) is 2.74. The number of hydrogen-bond donors (Lipinski definition) is 0. The van der Waals surface area contributed by atoms with Crippen molar-refractivity contribution in [2.75, 3.05) is 0 Å². The molecule has 3 aromatic carbocycles. The Hall–Kier alpha value is -0.516. The van der Waals surface area contributed by atoms with Crippen molar-refractivity contribution in [2.24, 2.45) is 9.98 Å². The summed E-state index contributed by atoms with van der Waals surface area (Å²) >= 11 is 17.8. The van der Waals surface area contributed by atoms with E-state index in [1.807, 2.05) is 48.5 Å². The van der Waals surface area contributed by atoms with Crippen LogP contribution in [0.25, 0.3) is 0 Å². The molecule has 0 amide bonds. The molecule has 0 radical (unpaired) electrons. The van der Waals surface area contributed by atoms with Gasteiger partial charge in [-0.15, -0.1) is 0 Å². The molecule has 0 fully saturated rings. The summed E-state index contributed by atoms with van der Waals surface area (Å²) in [5, 5.41) is 1.57. The second-order valence-corrected chi connectivity index (χ2v) is 18.0. The first-order valence-electron chi connectivity index (χ1n) is 7.58. The van der Waals surface area contributed by atoms with E-state index in [4.69, 9.17) is 32.7 Å². The van der Waals surface area contributed by atoms with Gasteiger partial charge in [0.25, 0.3) is 0 Å². The van der Waals surface area contributed by atoms with Crippen LogP contribution in [0, 0.1) is 0 Å². The molecule has 2 heterocycles. The molecule has 5 rings (SSSR count). The van der Waals surface area contributed by atoms with E-state index in [9.17, 15) is 0 Å². The van der Waals surface area contributed by atoms with Crippen molar-refractivity contribution in [2.45, 2.75) is 0 Å². The van der Waals surface area contributed by atoms with E-state index in [-0.39, 0.29) is 0 Å². The van der Waals surface area contributed by atoms with Gasteiger partial charge in [-0.05, 0) is 24.3 Å². The van der Waals surface area contributed by atoms with E-state index < -0.39 is 0 Å². The first kappa shape index (κ1) is 19.8. The average molecular weight is 660 g/mol. The Bertz CT molecular complexity index is 1080. The summed E-state index contributed by atoms with van der Waals surface area (Å²) in [6.07, 6.45) is 0. The fraction of sp³-hybridized carbons (Fsp3) is 0. The summed E-state index contributed by atoms with van der Waals surface area (Å²) in [5.41, 5.74) is 1.38. The van der Waals surface area contributed by atoms with Crippen LogP contribution in [0.15, 0.2) is 58.5 Å². The van der Waals surface area contributed by atoms with Crippen molar-refractivity contribution in [3.8, 4) is 23.0 Å². The van der Waals surface area contributed by atoms with Crippen molar-refractivity contribution in [3.05, 3.63) is 69.3 Å². The van der Waals surface area contributed by atoms with Crippen molar-refractivity contribution in [1.29, 1.82) is 0 Å². The van der Waals surface area contributed by atoms with Crippen molar-refractivity contribution < 1.29 is 18.9 Å². The van der Waals surface area contributed by atoms with Gasteiger partial charge in [0, 0.05) is 0 Å².